The zero-order valence-corrected chi connectivity index (χ0v) is 16.5. The molecule has 2 N–H and O–H groups in total. The Kier molecular flexibility index (Phi) is 7.07. The standard InChI is InChI=1S/C20H27N3O3S/c1-27-18-6-4-16(5-7-18)19-12-17(14-22(8-10-24)9-11-25)20(26)23(21-19)13-15-2-3-15/h4-7,12,15,24-25H,2-3,8-11,13-14H2,1H3. The first-order valence-corrected chi connectivity index (χ1v) is 10.6. The van der Waals surface area contributed by atoms with E-state index in [0.717, 1.165) is 24.1 Å². The Morgan fingerprint density at radius 3 is 2.41 bits per heavy atom. The predicted molar refractivity (Wildman–Crippen MR) is 108 cm³/mol. The van der Waals surface area contributed by atoms with Crippen molar-refractivity contribution in [1.82, 2.24) is 14.7 Å². The van der Waals surface area contributed by atoms with E-state index in [2.05, 4.69) is 17.2 Å². The maximum Gasteiger partial charge on any atom is 0.271 e. The van der Waals surface area contributed by atoms with Crippen molar-refractivity contribution in [2.45, 2.75) is 30.8 Å². The number of rotatable bonds is 10. The highest BCUT2D eigenvalue weighted by atomic mass is 32.2. The van der Waals surface area contributed by atoms with Gasteiger partial charge in [0.15, 0.2) is 0 Å². The Bertz CT molecular complexity index is 797. The van der Waals surface area contributed by atoms with Crippen LogP contribution >= 0.6 is 11.8 Å². The molecule has 27 heavy (non-hydrogen) atoms. The quantitative estimate of drug-likeness (QED) is 0.604. The zero-order valence-electron chi connectivity index (χ0n) is 15.7. The first-order chi connectivity index (χ1) is 13.1. The Morgan fingerprint density at radius 2 is 1.85 bits per heavy atom. The van der Waals surface area contributed by atoms with E-state index < -0.39 is 0 Å². The van der Waals surface area contributed by atoms with Crippen LogP contribution in [0.2, 0.25) is 0 Å². The highest BCUT2D eigenvalue weighted by Gasteiger charge is 2.24. The highest BCUT2D eigenvalue weighted by Crippen LogP contribution is 2.30. The molecule has 1 fully saturated rings. The van der Waals surface area contributed by atoms with E-state index in [1.165, 1.54) is 4.90 Å². The molecule has 0 aliphatic heterocycles. The van der Waals surface area contributed by atoms with E-state index in [4.69, 9.17) is 0 Å². The van der Waals surface area contributed by atoms with Gasteiger partial charge in [-0.25, -0.2) is 4.68 Å². The summed E-state index contributed by atoms with van der Waals surface area (Å²) in [6.45, 7) is 1.87. The number of aliphatic hydroxyl groups is 2. The zero-order chi connectivity index (χ0) is 19.2. The smallest absolute Gasteiger partial charge is 0.271 e. The fourth-order valence-electron chi connectivity index (χ4n) is 3.08. The molecule has 0 bridgehead atoms. The van der Waals surface area contributed by atoms with Crippen LogP contribution in [0.4, 0.5) is 0 Å². The van der Waals surface area contributed by atoms with Crippen LogP contribution in [0.15, 0.2) is 40.0 Å². The highest BCUT2D eigenvalue weighted by molar-refractivity contribution is 7.98. The van der Waals surface area contributed by atoms with E-state index in [1.807, 2.05) is 29.4 Å². The lowest BCUT2D eigenvalue weighted by Crippen LogP contribution is -2.34. The third-order valence-electron chi connectivity index (χ3n) is 4.79. The molecule has 7 heteroatoms. The summed E-state index contributed by atoms with van der Waals surface area (Å²) < 4.78 is 1.60. The lowest BCUT2D eigenvalue weighted by Gasteiger charge is -2.20. The third kappa shape index (κ3) is 5.42. The Balaban J connectivity index is 1.95. The maximum absolute atomic E-state index is 12.9. The van der Waals surface area contributed by atoms with Gasteiger partial charge in [0, 0.05) is 42.2 Å². The average Bonchev–Trinajstić information content (AvgIpc) is 3.49. The van der Waals surface area contributed by atoms with Crippen molar-refractivity contribution in [2.24, 2.45) is 5.92 Å². The van der Waals surface area contributed by atoms with Gasteiger partial charge < -0.3 is 10.2 Å². The molecule has 6 nitrogen and oxygen atoms in total. The van der Waals surface area contributed by atoms with Gasteiger partial charge in [0.2, 0.25) is 0 Å². The van der Waals surface area contributed by atoms with E-state index in [0.29, 0.717) is 37.7 Å². The molecule has 1 aromatic heterocycles. The molecular weight excluding hydrogens is 362 g/mol. The summed E-state index contributed by atoms with van der Waals surface area (Å²) >= 11 is 1.69. The van der Waals surface area contributed by atoms with Crippen LogP contribution in [0, 0.1) is 5.92 Å². The number of aromatic nitrogens is 2. The van der Waals surface area contributed by atoms with Crippen molar-refractivity contribution in [3.05, 3.63) is 46.2 Å². The Labute approximate surface area is 163 Å². The molecular formula is C20H27N3O3S. The largest absolute Gasteiger partial charge is 0.395 e. The van der Waals surface area contributed by atoms with Gasteiger partial charge in [-0.2, -0.15) is 5.10 Å². The first-order valence-electron chi connectivity index (χ1n) is 9.34. The molecule has 2 aromatic rings. The number of thioether (sulfide) groups is 1. The van der Waals surface area contributed by atoms with Crippen molar-refractivity contribution in [1.29, 1.82) is 0 Å². The van der Waals surface area contributed by atoms with Gasteiger partial charge in [0.05, 0.1) is 18.9 Å². The fraction of sp³-hybridized carbons (Fsp3) is 0.500. The molecule has 3 rings (SSSR count). The lowest BCUT2D eigenvalue weighted by molar-refractivity contribution is 0.155. The molecule has 1 aromatic carbocycles. The van der Waals surface area contributed by atoms with E-state index in [1.54, 1.807) is 16.4 Å². The normalized spacial score (nSPS) is 14.1. The summed E-state index contributed by atoms with van der Waals surface area (Å²) in [5.41, 5.74) is 2.34. The van der Waals surface area contributed by atoms with Crippen LogP contribution in [0.1, 0.15) is 18.4 Å². The van der Waals surface area contributed by atoms with Crippen molar-refractivity contribution in [2.75, 3.05) is 32.6 Å². The van der Waals surface area contributed by atoms with Gasteiger partial charge in [-0.3, -0.25) is 9.69 Å². The lowest BCUT2D eigenvalue weighted by atomic mass is 10.1. The molecule has 1 heterocycles. The number of aliphatic hydroxyl groups excluding tert-OH is 2. The van der Waals surface area contributed by atoms with E-state index >= 15 is 0 Å². The molecule has 0 saturated heterocycles. The van der Waals surface area contributed by atoms with Crippen molar-refractivity contribution >= 4 is 11.8 Å². The third-order valence-corrected chi connectivity index (χ3v) is 5.53. The summed E-state index contributed by atoms with van der Waals surface area (Å²) in [5, 5.41) is 23.1. The van der Waals surface area contributed by atoms with Crippen LogP contribution < -0.4 is 5.56 Å². The van der Waals surface area contributed by atoms with Gasteiger partial charge in [-0.05, 0) is 43.2 Å². The van der Waals surface area contributed by atoms with E-state index in [9.17, 15) is 15.0 Å². The second-order valence-corrected chi connectivity index (χ2v) is 7.82. The average molecular weight is 390 g/mol. The summed E-state index contributed by atoms with van der Waals surface area (Å²) in [6, 6.07) is 10.0. The van der Waals surface area contributed by atoms with Crippen molar-refractivity contribution in [3.8, 4) is 11.3 Å². The first kappa shape index (κ1) is 20.1. The molecule has 0 spiro atoms. The summed E-state index contributed by atoms with van der Waals surface area (Å²) in [5.74, 6) is 0.545. The van der Waals surface area contributed by atoms with Crippen LogP contribution in [0.25, 0.3) is 11.3 Å². The molecule has 1 saturated carbocycles. The molecule has 0 atom stereocenters. The Hall–Kier alpha value is -1.67. The molecule has 0 radical (unpaired) electrons. The summed E-state index contributed by atoms with van der Waals surface area (Å²) in [7, 11) is 0. The van der Waals surface area contributed by atoms with Crippen LogP contribution in [-0.4, -0.2) is 57.5 Å². The predicted octanol–water partition coefficient (Wildman–Crippen LogP) is 1.83. The SMILES string of the molecule is CSc1ccc(-c2cc(CN(CCO)CCO)c(=O)n(CC3CC3)n2)cc1. The number of nitrogens with zero attached hydrogens (tertiary/aromatic N) is 3. The minimum Gasteiger partial charge on any atom is -0.395 e. The molecule has 1 aliphatic carbocycles. The second-order valence-electron chi connectivity index (χ2n) is 6.94. The van der Waals surface area contributed by atoms with Crippen molar-refractivity contribution in [3.63, 3.8) is 0 Å². The number of hydrogen-bond acceptors (Lipinski definition) is 6. The molecule has 0 unspecified atom stereocenters. The van der Waals surface area contributed by atoms with E-state index in [-0.39, 0.29) is 18.8 Å². The number of hydrogen-bond donors (Lipinski definition) is 2. The van der Waals surface area contributed by atoms with Crippen molar-refractivity contribution < 1.29 is 10.2 Å². The van der Waals surface area contributed by atoms with Gasteiger partial charge in [0.1, 0.15) is 0 Å². The summed E-state index contributed by atoms with van der Waals surface area (Å²) in [4.78, 5) is 16.0. The Morgan fingerprint density at radius 1 is 1.19 bits per heavy atom. The maximum atomic E-state index is 12.9. The van der Waals surface area contributed by atoms with Gasteiger partial charge in [-0.1, -0.05) is 12.1 Å². The van der Waals surface area contributed by atoms with Crippen LogP contribution in [0.3, 0.4) is 0 Å². The molecule has 1 aliphatic rings. The molecule has 0 amide bonds. The van der Waals surface area contributed by atoms with Crippen LogP contribution in [-0.2, 0) is 13.1 Å². The monoisotopic (exact) mass is 389 g/mol. The summed E-state index contributed by atoms with van der Waals surface area (Å²) in [6.07, 6.45) is 4.34. The van der Waals surface area contributed by atoms with Gasteiger partial charge in [-0.15, -0.1) is 11.8 Å². The second kappa shape index (κ2) is 9.50. The minimum atomic E-state index is -0.0766. The molecule has 146 valence electrons. The number of benzene rings is 1. The fourth-order valence-corrected chi connectivity index (χ4v) is 3.48. The van der Waals surface area contributed by atoms with Gasteiger partial charge in [0.25, 0.3) is 5.56 Å². The topological polar surface area (TPSA) is 78.6 Å². The van der Waals surface area contributed by atoms with Gasteiger partial charge >= 0.3 is 0 Å². The van der Waals surface area contributed by atoms with Crippen LogP contribution in [0.5, 0.6) is 0 Å². The minimum absolute atomic E-state index is 0.00957.